The van der Waals surface area contributed by atoms with E-state index in [0.717, 1.165) is 36.4 Å². The highest BCUT2D eigenvalue weighted by atomic mass is 79.9. The van der Waals surface area contributed by atoms with E-state index in [1.54, 1.807) is 7.11 Å². The first-order chi connectivity index (χ1) is 7.81. The van der Waals surface area contributed by atoms with E-state index in [0.29, 0.717) is 6.04 Å². The van der Waals surface area contributed by atoms with Gasteiger partial charge in [0.1, 0.15) is 5.75 Å². The summed E-state index contributed by atoms with van der Waals surface area (Å²) in [4.78, 5) is 0. The van der Waals surface area contributed by atoms with Gasteiger partial charge in [-0.05, 0) is 18.2 Å². The van der Waals surface area contributed by atoms with Crippen molar-refractivity contribution in [3.05, 3.63) is 28.2 Å². The third-order valence-electron chi connectivity index (χ3n) is 2.71. The summed E-state index contributed by atoms with van der Waals surface area (Å²) in [5.74, 6) is 0.990. The lowest BCUT2D eigenvalue weighted by Crippen LogP contribution is -2.29. The monoisotopic (exact) mass is 285 g/mol. The molecule has 1 unspecified atom stereocenters. The van der Waals surface area contributed by atoms with Crippen LogP contribution >= 0.6 is 15.9 Å². The van der Waals surface area contributed by atoms with E-state index in [9.17, 15) is 0 Å². The average molecular weight is 286 g/mol. The highest BCUT2D eigenvalue weighted by Gasteiger charge is 2.20. The molecule has 1 aliphatic rings. The smallest absolute Gasteiger partial charge is 0.124 e. The molecule has 2 rings (SSSR count). The lowest BCUT2D eigenvalue weighted by molar-refractivity contribution is 0.188. The summed E-state index contributed by atoms with van der Waals surface area (Å²) in [6.07, 6.45) is 1.01. The highest BCUT2D eigenvalue weighted by molar-refractivity contribution is 9.10. The Morgan fingerprint density at radius 2 is 2.44 bits per heavy atom. The molecule has 0 aromatic heterocycles. The maximum Gasteiger partial charge on any atom is 0.124 e. The number of hydrogen-bond donors (Lipinski definition) is 1. The van der Waals surface area contributed by atoms with Gasteiger partial charge in [-0.15, -0.1) is 0 Å². The molecule has 0 fully saturated rings. The highest BCUT2D eigenvalue weighted by Crippen LogP contribution is 2.33. The number of ether oxygens (including phenoxy) is 2. The minimum atomic E-state index is 0.372. The van der Waals surface area contributed by atoms with E-state index in [2.05, 4.69) is 27.3 Å². The van der Waals surface area contributed by atoms with E-state index in [-0.39, 0.29) is 0 Å². The number of methoxy groups -OCH3 is 1. The first-order valence-electron chi connectivity index (χ1n) is 5.46. The Hall–Kier alpha value is -0.580. The van der Waals surface area contributed by atoms with Crippen LogP contribution in [0.1, 0.15) is 18.0 Å². The van der Waals surface area contributed by atoms with Crippen LogP contribution in [0.25, 0.3) is 0 Å². The molecule has 4 heteroatoms. The molecule has 16 heavy (non-hydrogen) atoms. The van der Waals surface area contributed by atoms with E-state index < -0.39 is 0 Å². The summed E-state index contributed by atoms with van der Waals surface area (Å²) in [6, 6.07) is 6.52. The van der Waals surface area contributed by atoms with Gasteiger partial charge >= 0.3 is 0 Å². The van der Waals surface area contributed by atoms with Gasteiger partial charge in [0.15, 0.2) is 0 Å². The summed E-state index contributed by atoms with van der Waals surface area (Å²) in [6.45, 7) is 2.38. The summed E-state index contributed by atoms with van der Waals surface area (Å²) in [5.41, 5.74) is 1.23. The van der Waals surface area contributed by atoms with Crippen LogP contribution in [0, 0.1) is 0 Å². The quantitative estimate of drug-likeness (QED) is 0.863. The average Bonchev–Trinajstić information content (AvgIpc) is 2.30. The maximum absolute atomic E-state index is 5.62. The fourth-order valence-electron chi connectivity index (χ4n) is 1.91. The van der Waals surface area contributed by atoms with Gasteiger partial charge in [0, 0.05) is 36.2 Å². The maximum atomic E-state index is 5.62. The second kappa shape index (κ2) is 5.66. The molecule has 0 amide bonds. The van der Waals surface area contributed by atoms with Crippen LogP contribution < -0.4 is 10.1 Å². The van der Waals surface area contributed by atoms with Crippen molar-refractivity contribution in [2.24, 2.45) is 0 Å². The van der Waals surface area contributed by atoms with Crippen LogP contribution in [-0.4, -0.2) is 26.9 Å². The molecule has 1 aromatic rings. The number of halogens is 1. The molecule has 0 bridgehead atoms. The second-order valence-corrected chi connectivity index (χ2v) is 4.73. The predicted octanol–water partition coefficient (Wildman–Crippen LogP) is 2.51. The topological polar surface area (TPSA) is 30.5 Å². The van der Waals surface area contributed by atoms with Gasteiger partial charge in [-0.2, -0.15) is 0 Å². The van der Waals surface area contributed by atoms with Crippen LogP contribution in [0.5, 0.6) is 5.75 Å². The van der Waals surface area contributed by atoms with Gasteiger partial charge in [0.2, 0.25) is 0 Å². The van der Waals surface area contributed by atoms with Crippen LogP contribution in [-0.2, 0) is 4.74 Å². The largest absolute Gasteiger partial charge is 0.493 e. The Bertz CT molecular complexity index is 357. The lowest BCUT2D eigenvalue weighted by atomic mass is 10.0. The molecule has 0 saturated carbocycles. The van der Waals surface area contributed by atoms with Crippen molar-refractivity contribution in [2.75, 3.05) is 26.9 Å². The first kappa shape index (κ1) is 11.9. The van der Waals surface area contributed by atoms with Crippen molar-refractivity contribution in [3.8, 4) is 5.75 Å². The second-order valence-electron chi connectivity index (χ2n) is 3.82. The van der Waals surface area contributed by atoms with Crippen LogP contribution in [0.4, 0.5) is 0 Å². The Balaban J connectivity index is 2.09. The number of fused-ring (bicyclic) bond motifs is 1. The minimum absolute atomic E-state index is 0.372. The SMILES string of the molecule is COCCNC1CCOc2ccc(Br)cc21. The number of hydrogen-bond acceptors (Lipinski definition) is 3. The van der Waals surface area contributed by atoms with Crippen molar-refractivity contribution >= 4 is 15.9 Å². The predicted molar refractivity (Wildman–Crippen MR) is 66.9 cm³/mol. The third-order valence-corrected chi connectivity index (χ3v) is 3.20. The molecule has 1 N–H and O–H groups in total. The normalized spacial score (nSPS) is 19.0. The summed E-state index contributed by atoms with van der Waals surface area (Å²) in [7, 11) is 1.72. The zero-order valence-electron chi connectivity index (χ0n) is 9.33. The zero-order valence-corrected chi connectivity index (χ0v) is 10.9. The van der Waals surface area contributed by atoms with E-state index in [1.807, 2.05) is 12.1 Å². The molecular weight excluding hydrogens is 270 g/mol. The van der Waals surface area contributed by atoms with E-state index >= 15 is 0 Å². The molecule has 1 aliphatic heterocycles. The molecule has 0 aliphatic carbocycles. The fraction of sp³-hybridized carbons (Fsp3) is 0.500. The number of rotatable bonds is 4. The van der Waals surface area contributed by atoms with Crippen LogP contribution in [0.15, 0.2) is 22.7 Å². The van der Waals surface area contributed by atoms with Gasteiger partial charge in [-0.25, -0.2) is 0 Å². The minimum Gasteiger partial charge on any atom is -0.493 e. The molecule has 1 aromatic carbocycles. The Morgan fingerprint density at radius 3 is 3.25 bits per heavy atom. The Morgan fingerprint density at radius 1 is 1.56 bits per heavy atom. The molecule has 0 saturated heterocycles. The van der Waals surface area contributed by atoms with Gasteiger partial charge < -0.3 is 14.8 Å². The van der Waals surface area contributed by atoms with Crippen molar-refractivity contribution in [1.29, 1.82) is 0 Å². The van der Waals surface area contributed by atoms with Crippen molar-refractivity contribution in [3.63, 3.8) is 0 Å². The van der Waals surface area contributed by atoms with Crippen LogP contribution in [0.3, 0.4) is 0 Å². The van der Waals surface area contributed by atoms with Gasteiger partial charge in [-0.3, -0.25) is 0 Å². The Kier molecular flexibility index (Phi) is 4.21. The number of nitrogens with one attached hydrogen (secondary N) is 1. The summed E-state index contributed by atoms with van der Waals surface area (Å²) >= 11 is 3.49. The Labute approximate surface area is 104 Å². The molecule has 88 valence electrons. The molecule has 0 spiro atoms. The van der Waals surface area contributed by atoms with E-state index in [1.165, 1.54) is 5.56 Å². The molecular formula is C12H16BrNO2. The van der Waals surface area contributed by atoms with Crippen LogP contribution in [0.2, 0.25) is 0 Å². The summed E-state index contributed by atoms with van der Waals surface area (Å²) < 4.78 is 11.8. The number of benzene rings is 1. The van der Waals surface area contributed by atoms with Crippen molar-refractivity contribution < 1.29 is 9.47 Å². The molecule has 0 radical (unpaired) electrons. The standard InChI is InChI=1S/C12H16BrNO2/c1-15-7-5-14-11-4-6-16-12-3-2-9(13)8-10(11)12/h2-3,8,11,14H,4-7H2,1H3. The first-order valence-corrected chi connectivity index (χ1v) is 6.25. The van der Waals surface area contributed by atoms with Crippen molar-refractivity contribution in [1.82, 2.24) is 5.32 Å². The van der Waals surface area contributed by atoms with Gasteiger partial charge in [-0.1, -0.05) is 15.9 Å². The summed E-state index contributed by atoms with van der Waals surface area (Å²) in [5, 5.41) is 3.48. The zero-order chi connectivity index (χ0) is 11.4. The molecule has 1 heterocycles. The lowest BCUT2D eigenvalue weighted by Gasteiger charge is -2.27. The molecule has 1 atom stereocenters. The van der Waals surface area contributed by atoms with Gasteiger partial charge in [0.25, 0.3) is 0 Å². The third kappa shape index (κ3) is 2.75. The van der Waals surface area contributed by atoms with Gasteiger partial charge in [0.05, 0.1) is 13.2 Å². The van der Waals surface area contributed by atoms with E-state index in [4.69, 9.17) is 9.47 Å². The fourth-order valence-corrected chi connectivity index (χ4v) is 2.29. The van der Waals surface area contributed by atoms with Crippen molar-refractivity contribution in [2.45, 2.75) is 12.5 Å². The molecule has 3 nitrogen and oxygen atoms in total.